The Hall–Kier alpha value is -4.54. The molecule has 6 rings (SSSR count). The third-order valence-electron chi connectivity index (χ3n) is 11.8. The van der Waals surface area contributed by atoms with Gasteiger partial charge in [0.2, 0.25) is 0 Å². The fraction of sp³-hybridized carbons (Fsp3) is 0.467. The third-order valence-corrected chi connectivity index (χ3v) is 16.4. The summed E-state index contributed by atoms with van der Waals surface area (Å²) in [6.45, 7) is 20.3. The van der Waals surface area contributed by atoms with Gasteiger partial charge >= 0.3 is 5.76 Å². The van der Waals surface area contributed by atoms with Gasteiger partial charge in [0.1, 0.15) is 11.6 Å². The number of benzene rings is 3. The Labute approximate surface area is 326 Å². The molecule has 3 aromatic carbocycles. The Morgan fingerprint density at radius 1 is 0.873 bits per heavy atom. The predicted octanol–water partition coefficient (Wildman–Crippen LogP) is 10.1. The van der Waals surface area contributed by atoms with Gasteiger partial charge in [0.05, 0.1) is 23.1 Å². The van der Waals surface area contributed by atoms with Crippen molar-refractivity contribution < 1.29 is 13.7 Å². The quantitative estimate of drug-likeness (QED) is 0.119. The maximum atomic E-state index is 14.4. The lowest BCUT2D eigenvalue weighted by Gasteiger charge is -2.47. The number of hydrogen-bond donors (Lipinski definition) is 1. The number of H-pyrrole nitrogens is 1. The van der Waals surface area contributed by atoms with Crippen LogP contribution in [0.4, 0.5) is 0 Å². The molecule has 0 unspecified atom stereocenters. The smallest absolute Gasteiger partial charge is 0.439 e. The minimum Gasteiger partial charge on any atom is -0.490 e. The molecule has 1 N–H and O–H groups in total. The van der Waals surface area contributed by atoms with Gasteiger partial charge in [0, 0.05) is 24.0 Å². The number of hydrogen-bond acceptors (Lipinski definition) is 7. The summed E-state index contributed by atoms with van der Waals surface area (Å²) in [5.41, 5.74) is 5.83. The summed E-state index contributed by atoms with van der Waals surface area (Å²) < 4.78 is 20.0. The van der Waals surface area contributed by atoms with Gasteiger partial charge in [0.25, 0.3) is 5.56 Å². The van der Waals surface area contributed by atoms with Crippen LogP contribution in [-0.2, 0) is 23.7 Å². The highest BCUT2D eigenvalue weighted by atomic mass is 28.4. The lowest BCUT2D eigenvalue weighted by Crippen LogP contribution is -2.51. The SMILES string of the molecule is CCCc1nc(CC)n(-c2ccc(O[C@H]3CC[C@H](C(C)(C)O[Si](C)(C)C(C)(C)C)CC3)cc2)c(=O)c1Cc1ccc(-c2ccccc2-c2noc(=O)[nH]2)cc1. The first kappa shape index (κ1) is 40.1. The fourth-order valence-corrected chi connectivity index (χ4v) is 9.49. The summed E-state index contributed by atoms with van der Waals surface area (Å²) in [5, 5.41) is 4.07. The molecule has 0 radical (unpaired) electrons. The molecule has 0 atom stereocenters. The number of ether oxygens (including phenoxy) is 1. The van der Waals surface area contributed by atoms with Crippen molar-refractivity contribution in [3.8, 4) is 34.0 Å². The maximum Gasteiger partial charge on any atom is 0.439 e. The van der Waals surface area contributed by atoms with Crippen molar-refractivity contribution in [2.24, 2.45) is 5.92 Å². The van der Waals surface area contributed by atoms with Gasteiger partial charge < -0.3 is 9.16 Å². The van der Waals surface area contributed by atoms with Gasteiger partial charge in [-0.2, -0.15) is 0 Å². The molecule has 1 aliphatic rings. The Balaban J connectivity index is 1.18. The number of aryl methyl sites for hydroxylation is 2. The normalized spacial score (nSPS) is 16.7. The van der Waals surface area contributed by atoms with Gasteiger partial charge in [0.15, 0.2) is 14.1 Å². The standard InChI is InChI=1S/C45H58N4O5Si/c1-10-14-39-38(29-30-17-19-31(20-18-30)36-15-12-13-16-37(36)41-47-43(51)53-48-41)42(50)49(40(11-2)46-39)33-23-27-35(28-24-33)52-34-25-21-32(22-26-34)45(6,7)54-55(8,9)44(3,4)5/h12-13,15-20,23-24,27-28,32,34H,10-11,14,21-22,25-26,29H2,1-9H3,(H,47,48,51)/t32-,34-. The zero-order valence-corrected chi connectivity index (χ0v) is 35.1. The van der Waals surface area contributed by atoms with Crippen LogP contribution in [0.1, 0.15) is 103 Å². The average Bonchev–Trinajstić information content (AvgIpc) is 3.59. The number of nitrogens with zero attached hydrogens (tertiary/aromatic N) is 3. The van der Waals surface area contributed by atoms with E-state index < -0.39 is 14.1 Å². The zero-order valence-electron chi connectivity index (χ0n) is 34.1. The lowest BCUT2D eigenvalue weighted by atomic mass is 9.78. The van der Waals surface area contributed by atoms with E-state index in [9.17, 15) is 9.59 Å². The van der Waals surface area contributed by atoms with Crippen LogP contribution < -0.4 is 16.1 Å². The van der Waals surface area contributed by atoms with Crippen molar-refractivity contribution in [3.05, 3.63) is 116 Å². The van der Waals surface area contributed by atoms with Crippen molar-refractivity contribution >= 4 is 8.32 Å². The molecule has 0 bridgehead atoms. The summed E-state index contributed by atoms with van der Waals surface area (Å²) in [4.78, 5) is 33.8. The zero-order chi connectivity index (χ0) is 39.5. The van der Waals surface area contributed by atoms with Crippen LogP contribution in [0.3, 0.4) is 0 Å². The molecule has 55 heavy (non-hydrogen) atoms. The highest BCUT2D eigenvalue weighted by molar-refractivity contribution is 6.74. The van der Waals surface area contributed by atoms with E-state index in [4.69, 9.17) is 18.7 Å². The highest BCUT2D eigenvalue weighted by Crippen LogP contribution is 2.44. The van der Waals surface area contributed by atoms with Crippen molar-refractivity contribution in [1.29, 1.82) is 0 Å². The first-order valence-corrected chi connectivity index (χ1v) is 22.9. The van der Waals surface area contributed by atoms with E-state index >= 15 is 0 Å². The van der Waals surface area contributed by atoms with E-state index in [2.05, 4.69) is 64.8 Å². The monoisotopic (exact) mass is 762 g/mol. The second-order valence-electron chi connectivity index (χ2n) is 17.1. The molecule has 2 aromatic heterocycles. The molecular formula is C45H58N4O5Si. The second kappa shape index (κ2) is 16.3. The summed E-state index contributed by atoms with van der Waals surface area (Å²) in [7, 11) is -1.88. The first-order chi connectivity index (χ1) is 26.1. The van der Waals surface area contributed by atoms with Gasteiger partial charge in [-0.15, -0.1) is 0 Å². The minimum absolute atomic E-state index is 0.0331. The molecule has 5 aromatic rings. The Kier molecular flexibility index (Phi) is 11.9. The predicted molar refractivity (Wildman–Crippen MR) is 223 cm³/mol. The van der Waals surface area contributed by atoms with E-state index in [0.717, 1.165) is 83.7 Å². The Morgan fingerprint density at radius 2 is 1.53 bits per heavy atom. The molecule has 1 saturated carbocycles. The Morgan fingerprint density at radius 3 is 2.11 bits per heavy atom. The lowest BCUT2D eigenvalue weighted by molar-refractivity contribution is -0.00501. The van der Waals surface area contributed by atoms with Crippen molar-refractivity contribution in [3.63, 3.8) is 0 Å². The number of aromatic nitrogens is 4. The van der Waals surface area contributed by atoms with Gasteiger partial charge in [-0.3, -0.25) is 18.9 Å². The highest BCUT2D eigenvalue weighted by Gasteiger charge is 2.44. The second-order valence-corrected chi connectivity index (χ2v) is 21.8. The summed E-state index contributed by atoms with van der Waals surface area (Å²) in [6, 6.07) is 23.8. The van der Waals surface area contributed by atoms with E-state index in [0.29, 0.717) is 30.1 Å². The topological polar surface area (TPSA) is 112 Å². The molecule has 0 amide bonds. The largest absolute Gasteiger partial charge is 0.490 e. The van der Waals surface area contributed by atoms with E-state index in [-0.39, 0.29) is 22.3 Å². The van der Waals surface area contributed by atoms with E-state index in [1.165, 1.54) is 0 Å². The summed E-state index contributed by atoms with van der Waals surface area (Å²) in [5.74, 6) is 1.87. The van der Waals surface area contributed by atoms with Crippen LogP contribution in [0, 0.1) is 5.92 Å². The summed E-state index contributed by atoms with van der Waals surface area (Å²) in [6.07, 6.45) is 7.04. The number of rotatable bonds is 13. The van der Waals surface area contributed by atoms with Crippen LogP contribution in [0.15, 0.2) is 86.9 Å². The molecule has 9 nitrogen and oxygen atoms in total. The summed E-state index contributed by atoms with van der Waals surface area (Å²) >= 11 is 0. The molecular weight excluding hydrogens is 705 g/mol. The molecule has 2 heterocycles. The van der Waals surface area contributed by atoms with E-state index in [1.807, 2.05) is 79.7 Å². The fourth-order valence-electron chi connectivity index (χ4n) is 7.70. The molecule has 1 fully saturated rings. The van der Waals surface area contributed by atoms with Crippen LogP contribution in [-0.4, -0.2) is 39.7 Å². The molecule has 292 valence electrons. The molecule has 0 aliphatic heterocycles. The minimum atomic E-state index is -1.88. The first-order valence-electron chi connectivity index (χ1n) is 20.0. The molecule has 0 saturated heterocycles. The van der Waals surface area contributed by atoms with Crippen molar-refractivity contribution in [2.45, 2.75) is 130 Å². The third kappa shape index (κ3) is 8.97. The van der Waals surface area contributed by atoms with Crippen molar-refractivity contribution in [1.82, 2.24) is 19.7 Å². The van der Waals surface area contributed by atoms with Crippen LogP contribution in [0.5, 0.6) is 5.75 Å². The van der Waals surface area contributed by atoms with Crippen LogP contribution >= 0.6 is 0 Å². The van der Waals surface area contributed by atoms with Gasteiger partial charge in [-0.1, -0.05) is 94.7 Å². The van der Waals surface area contributed by atoms with E-state index in [1.54, 1.807) is 4.57 Å². The van der Waals surface area contributed by atoms with Crippen LogP contribution in [0.25, 0.3) is 28.2 Å². The van der Waals surface area contributed by atoms with Gasteiger partial charge in [-0.05, 0) is 111 Å². The molecule has 1 aliphatic carbocycles. The van der Waals surface area contributed by atoms with Crippen LogP contribution in [0.2, 0.25) is 18.1 Å². The van der Waals surface area contributed by atoms with Gasteiger partial charge in [-0.25, -0.2) is 9.78 Å². The molecule has 0 spiro atoms. The average molecular weight is 763 g/mol. The van der Waals surface area contributed by atoms with Crippen molar-refractivity contribution in [2.75, 3.05) is 0 Å². The maximum absolute atomic E-state index is 14.4. The Bertz CT molecular complexity index is 2180. The molecule has 10 heteroatoms. The number of nitrogens with one attached hydrogen (secondary N) is 1. The number of aromatic amines is 1.